The van der Waals surface area contributed by atoms with Gasteiger partial charge in [0, 0.05) is 36.6 Å². The first kappa shape index (κ1) is 23.4. The van der Waals surface area contributed by atoms with E-state index < -0.39 is 12.1 Å². The fourth-order valence-corrected chi connectivity index (χ4v) is 3.11. The van der Waals surface area contributed by atoms with Gasteiger partial charge in [0.15, 0.2) is 0 Å². The first-order valence-corrected chi connectivity index (χ1v) is 9.53. The number of aliphatic carboxylic acids is 1. The van der Waals surface area contributed by atoms with Crippen LogP contribution in [-0.2, 0) is 4.79 Å². The summed E-state index contributed by atoms with van der Waals surface area (Å²) in [7, 11) is 1.99. The van der Waals surface area contributed by atoms with E-state index in [9.17, 15) is 13.2 Å². The van der Waals surface area contributed by atoms with Crippen molar-refractivity contribution in [3.8, 4) is 0 Å². The number of rotatable bonds is 4. The average molecular weight is 425 g/mol. The summed E-state index contributed by atoms with van der Waals surface area (Å²) < 4.78 is 31.7. The number of halogens is 3. The fourth-order valence-electron chi connectivity index (χ4n) is 3.11. The van der Waals surface area contributed by atoms with Gasteiger partial charge in [-0.2, -0.15) is 18.2 Å². The van der Waals surface area contributed by atoms with E-state index in [0.717, 1.165) is 36.5 Å². The topological polar surface area (TPSA) is 104 Å². The van der Waals surface area contributed by atoms with Gasteiger partial charge in [-0.15, -0.1) is 0 Å². The lowest BCUT2D eigenvalue weighted by atomic mass is 9.92. The van der Waals surface area contributed by atoms with Crippen LogP contribution in [0.5, 0.6) is 0 Å². The third kappa shape index (κ3) is 7.18. The second kappa shape index (κ2) is 10.2. The Hall–Kier alpha value is -2.88. The van der Waals surface area contributed by atoms with Crippen LogP contribution < -0.4 is 16.0 Å². The Morgan fingerprint density at radius 1 is 1.23 bits per heavy atom. The standard InChI is InChI=1S/C18H25N5.C2HF3O2/c1-13-11-17(21-15-8-6-7-14(19)12-15)22-18(20-13)23(2)16-9-4-3-5-10-16;3-2(4,5)1(6)7/h3-5,9-11,14-15H,6-8,12,19H2,1-2H3,(H,20,21,22);(H,6,7). The van der Waals surface area contributed by atoms with Gasteiger partial charge in [0.25, 0.3) is 0 Å². The van der Waals surface area contributed by atoms with E-state index in [-0.39, 0.29) is 0 Å². The molecule has 1 aromatic heterocycles. The highest BCUT2D eigenvalue weighted by Gasteiger charge is 2.38. The van der Waals surface area contributed by atoms with Crippen molar-refractivity contribution in [2.45, 2.75) is 50.9 Å². The number of anilines is 3. The lowest BCUT2D eigenvalue weighted by Gasteiger charge is -2.28. The number of carboxylic acids is 1. The molecule has 1 saturated carbocycles. The second-order valence-electron chi connectivity index (χ2n) is 7.16. The van der Waals surface area contributed by atoms with Gasteiger partial charge in [0.2, 0.25) is 5.95 Å². The highest BCUT2D eigenvalue weighted by atomic mass is 19.4. The molecule has 4 N–H and O–H groups in total. The van der Waals surface area contributed by atoms with Crippen molar-refractivity contribution in [2.75, 3.05) is 17.3 Å². The Morgan fingerprint density at radius 3 is 2.43 bits per heavy atom. The van der Waals surface area contributed by atoms with Gasteiger partial charge in [-0.1, -0.05) is 18.2 Å². The predicted octanol–water partition coefficient (Wildman–Crippen LogP) is 3.87. The number of aromatic nitrogens is 2. The van der Waals surface area contributed by atoms with Crippen molar-refractivity contribution >= 4 is 23.4 Å². The van der Waals surface area contributed by atoms with Crippen LogP contribution in [0.15, 0.2) is 36.4 Å². The molecule has 7 nitrogen and oxygen atoms in total. The highest BCUT2D eigenvalue weighted by molar-refractivity contribution is 5.73. The maximum absolute atomic E-state index is 10.6. The van der Waals surface area contributed by atoms with Crippen LogP contribution in [0.25, 0.3) is 0 Å². The molecule has 0 spiro atoms. The maximum atomic E-state index is 10.6. The third-order valence-electron chi connectivity index (χ3n) is 4.60. The number of para-hydroxylation sites is 1. The van der Waals surface area contributed by atoms with Gasteiger partial charge in [-0.3, -0.25) is 0 Å². The lowest BCUT2D eigenvalue weighted by Crippen LogP contribution is -2.35. The van der Waals surface area contributed by atoms with Gasteiger partial charge < -0.3 is 21.1 Å². The molecule has 0 bridgehead atoms. The van der Waals surface area contributed by atoms with Crippen LogP contribution in [-0.4, -0.2) is 46.4 Å². The van der Waals surface area contributed by atoms with Crippen molar-refractivity contribution < 1.29 is 23.1 Å². The van der Waals surface area contributed by atoms with Crippen molar-refractivity contribution in [2.24, 2.45) is 5.73 Å². The van der Waals surface area contributed by atoms with Crippen LogP contribution >= 0.6 is 0 Å². The molecule has 0 aliphatic heterocycles. The minimum absolute atomic E-state index is 0.302. The summed E-state index contributed by atoms with van der Waals surface area (Å²) in [6.45, 7) is 2.00. The fraction of sp³-hybridized carbons (Fsp3) is 0.450. The Labute approximate surface area is 173 Å². The molecule has 2 atom stereocenters. The summed E-state index contributed by atoms with van der Waals surface area (Å²) in [5.41, 5.74) is 8.11. The van der Waals surface area contributed by atoms with Gasteiger partial charge in [-0.25, -0.2) is 9.78 Å². The number of benzene rings is 1. The minimum atomic E-state index is -5.08. The van der Waals surface area contributed by atoms with E-state index in [4.69, 9.17) is 20.6 Å². The SMILES string of the molecule is Cc1cc(NC2CCCC(N)C2)nc(N(C)c2ccccc2)n1.O=C(O)C(F)(F)F. The molecule has 164 valence electrons. The van der Waals surface area contributed by atoms with E-state index in [1.165, 1.54) is 6.42 Å². The van der Waals surface area contributed by atoms with Crippen LogP contribution in [0.4, 0.5) is 30.6 Å². The summed E-state index contributed by atoms with van der Waals surface area (Å²) in [5, 5.41) is 10.7. The van der Waals surface area contributed by atoms with Crippen LogP contribution in [0.2, 0.25) is 0 Å². The highest BCUT2D eigenvalue weighted by Crippen LogP contribution is 2.24. The van der Waals surface area contributed by atoms with Crippen LogP contribution in [0.3, 0.4) is 0 Å². The molecule has 3 rings (SSSR count). The zero-order chi connectivity index (χ0) is 22.3. The van der Waals surface area contributed by atoms with Gasteiger partial charge in [-0.05, 0) is 44.7 Å². The van der Waals surface area contributed by atoms with Crippen LogP contribution in [0, 0.1) is 6.92 Å². The van der Waals surface area contributed by atoms with Crippen molar-refractivity contribution in [1.82, 2.24) is 9.97 Å². The number of nitrogens with two attached hydrogens (primary N) is 1. The Balaban J connectivity index is 0.000000396. The summed E-state index contributed by atoms with van der Waals surface area (Å²) >= 11 is 0. The van der Waals surface area contributed by atoms with E-state index in [2.05, 4.69) is 22.4 Å². The number of nitrogens with one attached hydrogen (secondary N) is 1. The second-order valence-corrected chi connectivity index (χ2v) is 7.16. The number of aryl methyl sites for hydroxylation is 1. The molecule has 2 unspecified atom stereocenters. The van der Waals surface area contributed by atoms with Gasteiger partial charge >= 0.3 is 12.1 Å². The zero-order valence-electron chi connectivity index (χ0n) is 16.9. The molecule has 30 heavy (non-hydrogen) atoms. The Morgan fingerprint density at radius 2 is 1.87 bits per heavy atom. The lowest BCUT2D eigenvalue weighted by molar-refractivity contribution is -0.192. The number of carbonyl (C=O) groups is 1. The molecule has 0 saturated heterocycles. The molecule has 1 aliphatic rings. The number of hydrogen-bond donors (Lipinski definition) is 3. The van der Waals surface area contributed by atoms with E-state index in [1.807, 2.05) is 43.1 Å². The van der Waals surface area contributed by atoms with Crippen molar-refractivity contribution in [3.63, 3.8) is 0 Å². The Kier molecular flexibility index (Phi) is 7.99. The molecule has 1 heterocycles. The third-order valence-corrected chi connectivity index (χ3v) is 4.60. The summed E-state index contributed by atoms with van der Waals surface area (Å²) in [5.74, 6) is -1.17. The van der Waals surface area contributed by atoms with Crippen molar-refractivity contribution in [3.05, 3.63) is 42.1 Å². The zero-order valence-corrected chi connectivity index (χ0v) is 16.9. The smallest absolute Gasteiger partial charge is 0.475 e. The van der Waals surface area contributed by atoms with E-state index in [0.29, 0.717) is 18.0 Å². The Bertz CT molecular complexity index is 833. The normalized spacial score (nSPS) is 18.7. The van der Waals surface area contributed by atoms with Crippen molar-refractivity contribution in [1.29, 1.82) is 0 Å². The maximum Gasteiger partial charge on any atom is 0.490 e. The first-order valence-electron chi connectivity index (χ1n) is 9.53. The van der Waals surface area contributed by atoms with Gasteiger partial charge in [0.05, 0.1) is 0 Å². The molecule has 1 fully saturated rings. The van der Waals surface area contributed by atoms with E-state index in [1.54, 1.807) is 0 Å². The summed E-state index contributed by atoms with van der Waals surface area (Å²) in [6, 6.07) is 12.9. The number of nitrogens with zero attached hydrogens (tertiary/aromatic N) is 3. The molecular formula is C20H26F3N5O2. The largest absolute Gasteiger partial charge is 0.490 e. The molecular weight excluding hydrogens is 399 g/mol. The first-order chi connectivity index (χ1) is 14.1. The number of carboxylic acid groups (broad SMARTS) is 1. The number of alkyl halides is 3. The molecule has 10 heteroatoms. The summed E-state index contributed by atoms with van der Waals surface area (Å²) in [6.07, 6.45) is -0.615. The molecule has 1 aromatic carbocycles. The molecule has 1 aliphatic carbocycles. The summed E-state index contributed by atoms with van der Waals surface area (Å²) in [4.78, 5) is 20.2. The quantitative estimate of drug-likeness (QED) is 0.683. The number of hydrogen-bond acceptors (Lipinski definition) is 6. The molecule has 0 amide bonds. The monoisotopic (exact) mass is 425 g/mol. The average Bonchev–Trinajstić information content (AvgIpc) is 2.67. The van der Waals surface area contributed by atoms with Gasteiger partial charge in [0.1, 0.15) is 5.82 Å². The predicted molar refractivity (Wildman–Crippen MR) is 109 cm³/mol. The molecule has 0 radical (unpaired) electrons. The molecule has 2 aromatic rings. The van der Waals surface area contributed by atoms with Crippen LogP contribution in [0.1, 0.15) is 31.4 Å². The van der Waals surface area contributed by atoms with E-state index >= 15 is 0 Å². The minimum Gasteiger partial charge on any atom is -0.475 e.